The first kappa shape index (κ1) is 16.0. The highest BCUT2D eigenvalue weighted by molar-refractivity contribution is 9.10. The van der Waals surface area contributed by atoms with Crippen molar-refractivity contribution in [2.45, 2.75) is 26.3 Å². The summed E-state index contributed by atoms with van der Waals surface area (Å²) >= 11 is 9.06. The zero-order chi connectivity index (χ0) is 14.4. The van der Waals surface area contributed by atoms with Crippen LogP contribution in [-0.2, 0) is 0 Å². The van der Waals surface area contributed by atoms with E-state index in [1.807, 2.05) is 0 Å². The molecule has 3 N–H and O–H groups in total. The standard InChI is InChI=1S/C11H16BrClN4O2/c1-6(2)3-7(4-15-11(18)19)16-9-8(12)5-14-10(13)17-9/h5-7,15H,3-4H2,1-2H3,(H,18,19)(H,14,16,17)/t7-/m0/s1. The van der Waals surface area contributed by atoms with E-state index in [4.69, 9.17) is 16.7 Å². The maximum atomic E-state index is 10.6. The lowest BCUT2D eigenvalue weighted by Gasteiger charge is -2.21. The average molecular weight is 352 g/mol. The van der Waals surface area contributed by atoms with Crippen molar-refractivity contribution in [1.29, 1.82) is 0 Å². The fourth-order valence-electron chi connectivity index (χ4n) is 1.61. The molecule has 0 saturated carbocycles. The molecule has 1 rings (SSSR count). The number of nitrogens with one attached hydrogen (secondary N) is 2. The Morgan fingerprint density at radius 1 is 1.58 bits per heavy atom. The Morgan fingerprint density at radius 2 is 2.26 bits per heavy atom. The van der Waals surface area contributed by atoms with Crippen molar-refractivity contribution in [3.8, 4) is 0 Å². The number of amides is 1. The maximum Gasteiger partial charge on any atom is 0.404 e. The zero-order valence-electron chi connectivity index (χ0n) is 10.7. The quantitative estimate of drug-likeness (QED) is 0.686. The lowest BCUT2D eigenvalue weighted by Crippen LogP contribution is -2.37. The van der Waals surface area contributed by atoms with Gasteiger partial charge < -0.3 is 15.7 Å². The smallest absolute Gasteiger partial charge is 0.404 e. The Balaban J connectivity index is 2.74. The normalized spacial score (nSPS) is 12.3. The first-order valence-electron chi connectivity index (χ1n) is 5.80. The number of anilines is 1. The van der Waals surface area contributed by atoms with Gasteiger partial charge >= 0.3 is 6.09 Å². The molecule has 1 aromatic heterocycles. The van der Waals surface area contributed by atoms with Crippen molar-refractivity contribution in [2.24, 2.45) is 5.92 Å². The Bertz CT molecular complexity index is 445. The van der Waals surface area contributed by atoms with Gasteiger partial charge in [0, 0.05) is 18.8 Å². The van der Waals surface area contributed by atoms with Crippen LogP contribution in [0.25, 0.3) is 0 Å². The van der Waals surface area contributed by atoms with Crippen molar-refractivity contribution in [3.63, 3.8) is 0 Å². The fraction of sp³-hybridized carbons (Fsp3) is 0.545. The number of rotatable bonds is 6. The molecule has 8 heteroatoms. The van der Waals surface area contributed by atoms with Crippen LogP contribution in [0.15, 0.2) is 10.7 Å². The third-order valence-electron chi connectivity index (χ3n) is 2.31. The Kier molecular flexibility index (Phi) is 6.30. The largest absolute Gasteiger partial charge is 0.465 e. The van der Waals surface area contributed by atoms with Gasteiger partial charge in [-0.2, -0.15) is 4.98 Å². The van der Waals surface area contributed by atoms with Crippen LogP contribution >= 0.6 is 27.5 Å². The minimum atomic E-state index is -1.05. The molecule has 0 aliphatic rings. The molecule has 0 bridgehead atoms. The first-order valence-corrected chi connectivity index (χ1v) is 6.97. The van der Waals surface area contributed by atoms with E-state index in [0.717, 1.165) is 6.42 Å². The Labute approximate surface area is 125 Å². The van der Waals surface area contributed by atoms with Gasteiger partial charge in [-0.25, -0.2) is 9.78 Å². The minimum absolute atomic E-state index is 0.0710. The van der Waals surface area contributed by atoms with Gasteiger partial charge in [0.25, 0.3) is 0 Å². The van der Waals surface area contributed by atoms with E-state index in [1.54, 1.807) is 6.20 Å². The Hall–Kier alpha value is -1.08. The minimum Gasteiger partial charge on any atom is -0.465 e. The molecule has 0 aliphatic heterocycles. The molecule has 0 aromatic carbocycles. The van der Waals surface area contributed by atoms with E-state index < -0.39 is 6.09 Å². The molecule has 0 radical (unpaired) electrons. The van der Waals surface area contributed by atoms with E-state index in [-0.39, 0.29) is 11.3 Å². The lowest BCUT2D eigenvalue weighted by molar-refractivity contribution is 0.193. The molecule has 6 nitrogen and oxygen atoms in total. The summed E-state index contributed by atoms with van der Waals surface area (Å²) in [6.07, 6.45) is 1.30. The van der Waals surface area contributed by atoms with Gasteiger partial charge in [0.15, 0.2) is 0 Å². The highest BCUT2D eigenvalue weighted by Gasteiger charge is 2.14. The topological polar surface area (TPSA) is 87.1 Å². The van der Waals surface area contributed by atoms with Crippen LogP contribution in [0.1, 0.15) is 20.3 Å². The predicted molar refractivity (Wildman–Crippen MR) is 77.6 cm³/mol. The molecule has 0 saturated heterocycles. The van der Waals surface area contributed by atoms with Crippen LogP contribution in [0.5, 0.6) is 0 Å². The highest BCUT2D eigenvalue weighted by Crippen LogP contribution is 2.22. The third-order valence-corrected chi connectivity index (χ3v) is 3.07. The van der Waals surface area contributed by atoms with Gasteiger partial charge in [0.1, 0.15) is 5.82 Å². The Morgan fingerprint density at radius 3 is 2.84 bits per heavy atom. The molecule has 0 spiro atoms. The molecular weight excluding hydrogens is 336 g/mol. The van der Waals surface area contributed by atoms with Crippen molar-refractivity contribution < 1.29 is 9.90 Å². The van der Waals surface area contributed by atoms with Crippen LogP contribution in [0.4, 0.5) is 10.6 Å². The number of halogens is 2. The van der Waals surface area contributed by atoms with E-state index in [2.05, 4.69) is 50.4 Å². The fourth-order valence-corrected chi connectivity index (χ4v) is 2.05. The summed E-state index contributed by atoms with van der Waals surface area (Å²) in [6, 6.07) is -0.0710. The summed E-state index contributed by atoms with van der Waals surface area (Å²) in [4.78, 5) is 18.5. The van der Waals surface area contributed by atoms with E-state index in [1.165, 1.54) is 0 Å². The second-order valence-electron chi connectivity index (χ2n) is 4.49. The van der Waals surface area contributed by atoms with Gasteiger partial charge in [-0.1, -0.05) is 13.8 Å². The molecule has 0 aliphatic carbocycles. The van der Waals surface area contributed by atoms with Gasteiger partial charge in [-0.05, 0) is 39.9 Å². The molecule has 1 heterocycles. The number of hydrogen-bond donors (Lipinski definition) is 3. The second-order valence-corrected chi connectivity index (χ2v) is 5.68. The third kappa shape index (κ3) is 6.07. The summed E-state index contributed by atoms with van der Waals surface area (Å²) in [6.45, 7) is 4.43. The van der Waals surface area contributed by atoms with Crippen molar-refractivity contribution in [1.82, 2.24) is 15.3 Å². The summed E-state index contributed by atoms with van der Waals surface area (Å²) in [7, 11) is 0. The van der Waals surface area contributed by atoms with Gasteiger partial charge in [0.05, 0.1) is 4.47 Å². The van der Waals surface area contributed by atoms with Crippen molar-refractivity contribution in [2.75, 3.05) is 11.9 Å². The lowest BCUT2D eigenvalue weighted by atomic mass is 10.0. The molecule has 106 valence electrons. The number of carbonyl (C=O) groups is 1. The van der Waals surface area contributed by atoms with Crippen LogP contribution in [0, 0.1) is 5.92 Å². The first-order chi connectivity index (χ1) is 8.88. The predicted octanol–water partition coefficient (Wildman–Crippen LogP) is 2.99. The van der Waals surface area contributed by atoms with Crippen LogP contribution in [0.2, 0.25) is 5.28 Å². The van der Waals surface area contributed by atoms with Crippen LogP contribution in [0.3, 0.4) is 0 Å². The second kappa shape index (κ2) is 7.49. The molecule has 0 unspecified atom stereocenters. The summed E-state index contributed by atoms with van der Waals surface area (Å²) in [5.74, 6) is 0.974. The average Bonchev–Trinajstić information content (AvgIpc) is 2.30. The number of nitrogens with zero attached hydrogens (tertiary/aromatic N) is 2. The number of aromatic nitrogens is 2. The molecule has 19 heavy (non-hydrogen) atoms. The summed E-state index contributed by atoms with van der Waals surface area (Å²) in [5, 5.41) is 14.3. The number of carboxylic acid groups (broad SMARTS) is 1. The summed E-state index contributed by atoms with van der Waals surface area (Å²) < 4.78 is 0.681. The van der Waals surface area contributed by atoms with E-state index in [9.17, 15) is 4.79 Å². The van der Waals surface area contributed by atoms with Crippen LogP contribution in [-0.4, -0.2) is 33.8 Å². The van der Waals surface area contributed by atoms with E-state index >= 15 is 0 Å². The molecule has 1 atom stereocenters. The maximum absolute atomic E-state index is 10.6. The molecule has 1 aromatic rings. The van der Waals surface area contributed by atoms with Crippen molar-refractivity contribution >= 4 is 39.4 Å². The zero-order valence-corrected chi connectivity index (χ0v) is 13.0. The van der Waals surface area contributed by atoms with Crippen LogP contribution < -0.4 is 10.6 Å². The van der Waals surface area contributed by atoms with Gasteiger partial charge in [-0.15, -0.1) is 0 Å². The summed E-state index contributed by atoms with van der Waals surface area (Å²) in [5.41, 5.74) is 0. The highest BCUT2D eigenvalue weighted by atomic mass is 79.9. The SMILES string of the molecule is CC(C)C[C@@H](CNC(=O)O)Nc1nc(Cl)ncc1Br. The van der Waals surface area contributed by atoms with Gasteiger partial charge in [-0.3, -0.25) is 0 Å². The van der Waals surface area contributed by atoms with Crippen molar-refractivity contribution in [3.05, 3.63) is 16.0 Å². The van der Waals surface area contributed by atoms with Gasteiger partial charge in [0.2, 0.25) is 5.28 Å². The molecular formula is C11H16BrClN4O2. The number of hydrogen-bond acceptors (Lipinski definition) is 4. The molecule has 0 fully saturated rings. The monoisotopic (exact) mass is 350 g/mol. The van der Waals surface area contributed by atoms with E-state index in [0.29, 0.717) is 22.8 Å². The molecule has 1 amide bonds.